The molecule has 1 aliphatic carbocycles. The van der Waals surface area contributed by atoms with E-state index in [2.05, 4.69) is 0 Å². The minimum atomic E-state index is 0. The Bertz CT molecular complexity index is 586. The Kier molecular flexibility index (Phi) is 7.81. The fourth-order valence-corrected chi connectivity index (χ4v) is 1.69. The smallest absolute Gasteiger partial charge is 0.872 e. The van der Waals surface area contributed by atoms with Gasteiger partial charge in [0.15, 0.2) is 0 Å². The zero-order valence-electron chi connectivity index (χ0n) is 11.5. The van der Waals surface area contributed by atoms with Crippen molar-refractivity contribution < 1.29 is 22.2 Å². The average Bonchev–Trinajstić information content (AvgIpc) is 3.20. The summed E-state index contributed by atoms with van der Waals surface area (Å²) in [5.41, 5.74) is 1.78. The number of allylic oxidation sites excluding steroid dienone is 6. The van der Waals surface area contributed by atoms with E-state index >= 15 is 0 Å². The van der Waals surface area contributed by atoms with E-state index in [4.69, 9.17) is 0 Å². The summed E-state index contributed by atoms with van der Waals surface area (Å²) in [7, 11) is 0. The summed E-state index contributed by atoms with van der Waals surface area (Å²) in [6, 6.07) is 19.8. The van der Waals surface area contributed by atoms with E-state index in [9.17, 15) is 5.11 Å². The van der Waals surface area contributed by atoms with Gasteiger partial charge >= 0.3 is 17.1 Å². The van der Waals surface area contributed by atoms with Crippen LogP contribution in [0.3, 0.4) is 0 Å². The SMILES string of the molecule is [Fe+2].[O-]C(/C=C/c1ccccc1)=C1C=CC=C1.c1cc[cH-]c1. The average molecular weight is 316 g/mol. The topological polar surface area (TPSA) is 23.1 Å². The summed E-state index contributed by atoms with van der Waals surface area (Å²) in [5.74, 6) is 0.0452. The van der Waals surface area contributed by atoms with Crippen LogP contribution in [0.5, 0.6) is 0 Å². The number of rotatable bonds is 2. The molecule has 0 heterocycles. The first-order valence-corrected chi connectivity index (χ1v) is 6.52. The van der Waals surface area contributed by atoms with Crippen LogP contribution in [0.15, 0.2) is 102 Å². The molecule has 1 nitrogen and oxygen atoms in total. The standard InChI is InChI=1S/C14H12O.C5H5.Fe/c15-14(13-8-4-5-9-13)11-10-12-6-2-1-3-7-12;1-2-4-5-3-1;/h1-11,15H;1-5H;/q;-1;+2/p-1/b11-10+;;. The molecule has 0 spiro atoms. The molecule has 3 rings (SSSR count). The molecule has 0 N–H and O–H groups in total. The number of benzene rings is 1. The fourth-order valence-electron chi connectivity index (χ4n) is 1.69. The Morgan fingerprint density at radius 1 is 0.905 bits per heavy atom. The van der Waals surface area contributed by atoms with Crippen LogP contribution in [0.4, 0.5) is 0 Å². The van der Waals surface area contributed by atoms with Crippen molar-refractivity contribution in [2.75, 3.05) is 0 Å². The normalized spacial score (nSPS) is 11.9. The van der Waals surface area contributed by atoms with Crippen LogP contribution >= 0.6 is 0 Å². The summed E-state index contributed by atoms with van der Waals surface area (Å²) in [6.45, 7) is 0. The molecule has 1 aliphatic rings. The maximum atomic E-state index is 11.6. The van der Waals surface area contributed by atoms with Gasteiger partial charge in [0, 0.05) is 0 Å². The van der Waals surface area contributed by atoms with E-state index in [1.165, 1.54) is 0 Å². The predicted molar refractivity (Wildman–Crippen MR) is 82.8 cm³/mol. The molecule has 21 heavy (non-hydrogen) atoms. The van der Waals surface area contributed by atoms with Gasteiger partial charge in [0.05, 0.1) is 0 Å². The first kappa shape index (κ1) is 16.9. The number of hydrogen-bond donors (Lipinski definition) is 0. The van der Waals surface area contributed by atoms with Gasteiger partial charge in [-0.05, 0) is 11.1 Å². The maximum Gasteiger partial charge on any atom is 2.00 e. The fraction of sp³-hybridized carbons (Fsp3) is 0. The second-order valence-corrected chi connectivity index (χ2v) is 4.24. The van der Waals surface area contributed by atoms with Crippen LogP contribution in [0.1, 0.15) is 5.56 Å². The monoisotopic (exact) mass is 316 g/mol. The molecule has 0 radical (unpaired) electrons. The third-order valence-corrected chi connectivity index (χ3v) is 2.73. The van der Waals surface area contributed by atoms with E-state index in [1.807, 2.05) is 91.0 Å². The van der Waals surface area contributed by atoms with Gasteiger partial charge < -0.3 is 5.11 Å². The molecular formula is C19H16FeO. The minimum Gasteiger partial charge on any atom is -0.872 e. The van der Waals surface area contributed by atoms with E-state index in [0.717, 1.165) is 11.1 Å². The summed E-state index contributed by atoms with van der Waals surface area (Å²) < 4.78 is 0. The van der Waals surface area contributed by atoms with Gasteiger partial charge in [0.2, 0.25) is 0 Å². The van der Waals surface area contributed by atoms with Gasteiger partial charge in [-0.15, -0.1) is 5.76 Å². The van der Waals surface area contributed by atoms with Gasteiger partial charge in [-0.2, -0.15) is 18.2 Å². The van der Waals surface area contributed by atoms with Crippen LogP contribution < -0.4 is 5.11 Å². The molecule has 0 amide bonds. The second kappa shape index (κ2) is 9.71. The summed E-state index contributed by atoms with van der Waals surface area (Å²) in [6.07, 6.45) is 10.8. The van der Waals surface area contributed by atoms with Gasteiger partial charge in [-0.3, -0.25) is 0 Å². The van der Waals surface area contributed by atoms with Crippen molar-refractivity contribution in [1.29, 1.82) is 0 Å². The van der Waals surface area contributed by atoms with Crippen molar-refractivity contribution in [2.24, 2.45) is 0 Å². The Morgan fingerprint density at radius 2 is 1.52 bits per heavy atom. The molecule has 2 heteroatoms. The first-order valence-electron chi connectivity index (χ1n) is 6.52. The van der Waals surface area contributed by atoms with Crippen LogP contribution in [0, 0.1) is 0 Å². The largest absolute Gasteiger partial charge is 2.00 e. The molecule has 0 saturated heterocycles. The molecule has 0 fully saturated rings. The summed E-state index contributed by atoms with van der Waals surface area (Å²) in [5, 5.41) is 11.6. The molecule has 2 aromatic rings. The Balaban J connectivity index is 0.000000313. The van der Waals surface area contributed by atoms with Gasteiger partial charge in [0.25, 0.3) is 0 Å². The Hall–Kier alpha value is -2.15. The Morgan fingerprint density at radius 3 is 2.05 bits per heavy atom. The van der Waals surface area contributed by atoms with Crippen molar-refractivity contribution in [3.63, 3.8) is 0 Å². The first-order chi connectivity index (χ1) is 9.86. The van der Waals surface area contributed by atoms with Crippen molar-refractivity contribution in [2.45, 2.75) is 0 Å². The molecule has 0 unspecified atom stereocenters. The van der Waals surface area contributed by atoms with Gasteiger partial charge in [0.1, 0.15) is 0 Å². The summed E-state index contributed by atoms with van der Waals surface area (Å²) >= 11 is 0. The second-order valence-electron chi connectivity index (χ2n) is 4.24. The Labute approximate surface area is 136 Å². The quantitative estimate of drug-likeness (QED) is 0.469. The van der Waals surface area contributed by atoms with Crippen molar-refractivity contribution in [1.82, 2.24) is 0 Å². The van der Waals surface area contributed by atoms with Crippen molar-refractivity contribution in [3.05, 3.63) is 108 Å². The molecule has 0 atom stereocenters. The van der Waals surface area contributed by atoms with Crippen molar-refractivity contribution in [3.8, 4) is 0 Å². The molecule has 0 bridgehead atoms. The maximum absolute atomic E-state index is 11.6. The molecular weight excluding hydrogens is 300 g/mol. The predicted octanol–water partition coefficient (Wildman–Crippen LogP) is 3.84. The van der Waals surface area contributed by atoms with E-state index in [0.29, 0.717) is 0 Å². The summed E-state index contributed by atoms with van der Waals surface area (Å²) in [4.78, 5) is 0. The van der Waals surface area contributed by atoms with Crippen LogP contribution in [-0.2, 0) is 17.1 Å². The third kappa shape index (κ3) is 6.22. The molecule has 106 valence electrons. The third-order valence-electron chi connectivity index (χ3n) is 2.73. The van der Waals surface area contributed by atoms with Crippen LogP contribution in [-0.4, -0.2) is 0 Å². The molecule has 2 aromatic carbocycles. The van der Waals surface area contributed by atoms with E-state index in [-0.39, 0.29) is 22.8 Å². The van der Waals surface area contributed by atoms with E-state index < -0.39 is 0 Å². The van der Waals surface area contributed by atoms with Gasteiger partial charge in [-0.1, -0.05) is 66.8 Å². The van der Waals surface area contributed by atoms with Crippen molar-refractivity contribution >= 4 is 6.08 Å². The molecule has 0 saturated carbocycles. The van der Waals surface area contributed by atoms with E-state index in [1.54, 1.807) is 6.08 Å². The zero-order valence-corrected chi connectivity index (χ0v) is 12.6. The van der Waals surface area contributed by atoms with Crippen LogP contribution in [0.2, 0.25) is 0 Å². The van der Waals surface area contributed by atoms with Crippen LogP contribution in [0.25, 0.3) is 6.08 Å². The number of hydrogen-bond acceptors (Lipinski definition) is 1. The molecule has 0 aromatic heterocycles. The zero-order chi connectivity index (χ0) is 14.0. The minimum absolute atomic E-state index is 0. The van der Waals surface area contributed by atoms with Gasteiger partial charge in [-0.25, -0.2) is 12.1 Å². The molecule has 0 aliphatic heterocycles.